The molecule has 0 saturated carbocycles. The van der Waals surface area contributed by atoms with Gasteiger partial charge in [0.2, 0.25) is 0 Å². The lowest BCUT2D eigenvalue weighted by atomic mass is 10.1. The number of hydrogen-bond donors (Lipinski definition) is 1. The molecule has 2 aromatic heterocycles. The zero-order valence-electron chi connectivity index (χ0n) is 16.8. The summed E-state index contributed by atoms with van der Waals surface area (Å²) < 4.78 is 40.3. The first-order chi connectivity index (χ1) is 15.2. The molecule has 0 unspecified atom stereocenters. The van der Waals surface area contributed by atoms with E-state index in [9.17, 15) is 18.0 Å². The summed E-state index contributed by atoms with van der Waals surface area (Å²) in [5.74, 6) is 6.00. The maximum atomic E-state index is 13.2. The number of nitrogen functional groups attached to an aromatic ring is 1. The fourth-order valence-electron chi connectivity index (χ4n) is 3.48. The van der Waals surface area contributed by atoms with Gasteiger partial charge in [0.15, 0.2) is 0 Å². The molecule has 0 aliphatic carbocycles. The van der Waals surface area contributed by atoms with Gasteiger partial charge in [0.05, 0.1) is 23.4 Å². The number of benzene rings is 1. The van der Waals surface area contributed by atoms with Crippen molar-refractivity contribution in [2.45, 2.75) is 24.5 Å². The van der Waals surface area contributed by atoms with Gasteiger partial charge in [0, 0.05) is 29.3 Å². The summed E-state index contributed by atoms with van der Waals surface area (Å²) in [6.45, 7) is 2.16. The van der Waals surface area contributed by atoms with Crippen LogP contribution in [0, 0.1) is 11.8 Å². The van der Waals surface area contributed by atoms with Crippen LogP contribution in [-0.4, -0.2) is 27.2 Å². The normalized spacial score (nSPS) is 15.8. The molecule has 1 amide bonds. The predicted octanol–water partition coefficient (Wildman–Crippen LogP) is 4.40. The molecule has 1 aromatic carbocycles. The molecule has 0 spiro atoms. The van der Waals surface area contributed by atoms with Crippen molar-refractivity contribution in [1.29, 1.82) is 0 Å². The van der Waals surface area contributed by atoms with Gasteiger partial charge in [-0.05, 0) is 42.8 Å². The van der Waals surface area contributed by atoms with Crippen molar-refractivity contribution in [3.8, 4) is 11.8 Å². The quantitative estimate of drug-likeness (QED) is 0.415. The van der Waals surface area contributed by atoms with E-state index < -0.39 is 11.7 Å². The van der Waals surface area contributed by atoms with Crippen molar-refractivity contribution >= 4 is 33.3 Å². The van der Waals surface area contributed by atoms with Crippen molar-refractivity contribution in [2.24, 2.45) is 0 Å². The van der Waals surface area contributed by atoms with E-state index in [2.05, 4.69) is 37.9 Å². The maximum absolute atomic E-state index is 13.2. The number of halogens is 4. The summed E-state index contributed by atoms with van der Waals surface area (Å²) in [6, 6.07) is 6.06. The summed E-state index contributed by atoms with van der Waals surface area (Å²) in [6.07, 6.45) is -1.36. The standard InChI is InChI=1S/C22H17BrF3N5O/c1-13-12-30(18-6-4-17(5-7-18)22(24,25)26)21(32)20-15(11-29-31(13)20)3-2-14-10-28-19(27)8-16(14)9-23/h4-8,10-11,13H,9,12H2,1H3,(H2,27,28)/t13-/m0/s1. The van der Waals surface area contributed by atoms with E-state index in [0.29, 0.717) is 33.7 Å². The minimum Gasteiger partial charge on any atom is -0.384 e. The fourth-order valence-corrected chi connectivity index (χ4v) is 3.94. The number of carbonyl (C=O) groups is 1. The first kappa shape index (κ1) is 21.9. The number of carbonyl (C=O) groups excluding carboxylic acids is 1. The lowest BCUT2D eigenvalue weighted by Crippen LogP contribution is -2.43. The molecule has 6 nitrogen and oxygen atoms in total. The van der Waals surface area contributed by atoms with Crippen LogP contribution in [-0.2, 0) is 11.5 Å². The molecule has 164 valence electrons. The number of hydrogen-bond acceptors (Lipinski definition) is 4. The zero-order chi connectivity index (χ0) is 23.0. The number of nitrogens with zero attached hydrogens (tertiary/aromatic N) is 4. The zero-order valence-corrected chi connectivity index (χ0v) is 18.4. The second-order valence-electron chi connectivity index (χ2n) is 7.31. The molecule has 0 fully saturated rings. The van der Waals surface area contributed by atoms with E-state index in [-0.39, 0.29) is 18.5 Å². The number of pyridine rings is 1. The average Bonchev–Trinajstić information content (AvgIpc) is 3.20. The van der Waals surface area contributed by atoms with Gasteiger partial charge >= 0.3 is 6.18 Å². The average molecular weight is 504 g/mol. The molecule has 2 N–H and O–H groups in total. The second-order valence-corrected chi connectivity index (χ2v) is 7.87. The number of alkyl halides is 4. The summed E-state index contributed by atoms with van der Waals surface area (Å²) >= 11 is 3.39. The second kappa shape index (κ2) is 8.31. The third kappa shape index (κ3) is 4.08. The van der Waals surface area contributed by atoms with Gasteiger partial charge < -0.3 is 10.6 Å². The topological polar surface area (TPSA) is 77.0 Å². The number of nitrogens with two attached hydrogens (primary N) is 1. The molecular weight excluding hydrogens is 487 g/mol. The minimum absolute atomic E-state index is 0.183. The van der Waals surface area contributed by atoms with Crippen LogP contribution in [0.2, 0.25) is 0 Å². The first-order valence-electron chi connectivity index (χ1n) is 9.58. The van der Waals surface area contributed by atoms with Crippen molar-refractivity contribution < 1.29 is 18.0 Å². The summed E-state index contributed by atoms with van der Waals surface area (Å²) in [5.41, 5.74) is 7.56. The van der Waals surface area contributed by atoms with E-state index in [1.807, 2.05) is 6.92 Å². The monoisotopic (exact) mass is 503 g/mol. The van der Waals surface area contributed by atoms with Gasteiger partial charge in [0.1, 0.15) is 11.5 Å². The Labute approximate surface area is 190 Å². The molecule has 10 heteroatoms. The van der Waals surface area contributed by atoms with Crippen LogP contribution in [0.25, 0.3) is 0 Å². The maximum Gasteiger partial charge on any atom is 0.416 e. The number of aromatic nitrogens is 3. The Kier molecular flexibility index (Phi) is 5.69. The van der Waals surface area contributed by atoms with Crippen LogP contribution in [0.15, 0.2) is 42.7 Å². The molecule has 1 aliphatic heterocycles. The molecule has 1 atom stereocenters. The molecule has 4 rings (SSSR count). The van der Waals surface area contributed by atoms with Crippen LogP contribution in [0.3, 0.4) is 0 Å². The van der Waals surface area contributed by atoms with E-state index in [0.717, 1.165) is 17.7 Å². The van der Waals surface area contributed by atoms with Gasteiger partial charge in [-0.3, -0.25) is 9.48 Å². The molecule has 0 saturated heterocycles. The highest BCUT2D eigenvalue weighted by molar-refractivity contribution is 9.08. The molecule has 1 aliphatic rings. The molecule has 3 aromatic rings. The van der Waals surface area contributed by atoms with Crippen molar-refractivity contribution in [2.75, 3.05) is 17.2 Å². The van der Waals surface area contributed by atoms with Crippen molar-refractivity contribution in [1.82, 2.24) is 14.8 Å². The van der Waals surface area contributed by atoms with Crippen molar-refractivity contribution in [3.63, 3.8) is 0 Å². The van der Waals surface area contributed by atoms with Gasteiger partial charge in [0.25, 0.3) is 5.91 Å². The van der Waals surface area contributed by atoms with Gasteiger partial charge in [-0.1, -0.05) is 27.8 Å². The lowest BCUT2D eigenvalue weighted by molar-refractivity contribution is -0.137. The number of rotatable bonds is 2. The van der Waals surface area contributed by atoms with Crippen LogP contribution >= 0.6 is 15.9 Å². The van der Waals surface area contributed by atoms with E-state index in [4.69, 9.17) is 5.73 Å². The van der Waals surface area contributed by atoms with E-state index in [1.54, 1.807) is 16.9 Å². The highest BCUT2D eigenvalue weighted by atomic mass is 79.9. The Bertz CT molecular complexity index is 1240. The molecular formula is C22H17BrF3N5O. The smallest absolute Gasteiger partial charge is 0.384 e. The molecule has 3 heterocycles. The number of anilines is 2. The van der Waals surface area contributed by atoms with Crippen LogP contribution in [0.1, 0.15) is 45.7 Å². The first-order valence-corrected chi connectivity index (χ1v) is 10.7. The predicted molar refractivity (Wildman–Crippen MR) is 117 cm³/mol. The largest absolute Gasteiger partial charge is 0.416 e. The Morgan fingerprint density at radius 1 is 1.19 bits per heavy atom. The van der Waals surface area contributed by atoms with E-state index in [1.165, 1.54) is 23.2 Å². The highest BCUT2D eigenvalue weighted by Crippen LogP contribution is 2.32. The van der Waals surface area contributed by atoms with Crippen LogP contribution in [0.4, 0.5) is 24.7 Å². The van der Waals surface area contributed by atoms with Crippen LogP contribution < -0.4 is 10.6 Å². The number of fused-ring (bicyclic) bond motifs is 1. The lowest BCUT2D eigenvalue weighted by Gasteiger charge is -2.32. The third-order valence-electron chi connectivity index (χ3n) is 5.10. The third-order valence-corrected chi connectivity index (χ3v) is 5.70. The minimum atomic E-state index is -4.44. The van der Waals surface area contributed by atoms with Crippen molar-refractivity contribution in [3.05, 3.63) is 70.7 Å². The molecule has 0 radical (unpaired) electrons. The Hall–Kier alpha value is -3.32. The Balaban J connectivity index is 1.69. The molecule has 0 bridgehead atoms. The molecule has 32 heavy (non-hydrogen) atoms. The summed E-state index contributed by atoms with van der Waals surface area (Å²) in [4.78, 5) is 18.7. The van der Waals surface area contributed by atoms with Gasteiger partial charge in [-0.2, -0.15) is 18.3 Å². The fraction of sp³-hybridized carbons (Fsp3) is 0.227. The van der Waals surface area contributed by atoms with Gasteiger partial charge in [-0.25, -0.2) is 4.98 Å². The Morgan fingerprint density at radius 3 is 2.53 bits per heavy atom. The summed E-state index contributed by atoms with van der Waals surface area (Å²) in [7, 11) is 0. The number of amides is 1. The van der Waals surface area contributed by atoms with Gasteiger partial charge in [-0.15, -0.1) is 0 Å². The highest BCUT2D eigenvalue weighted by Gasteiger charge is 2.34. The summed E-state index contributed by atoms with van der Waals surface area (Å²) in [5, 5.41) is 4.84. The Morgan fingerprint density at radius 2 is 1.88 bits per heavy atom. The van der Waals surface area contributed by atoms with Crippen LogP contribution in [0.5, 0.6) is 0 Å². The van der Waals surface area contributed by atoms with E-state index >= 15 is 0 Å². The SMILES string of the molecule is C[C@H]1CN(c2ccc(C(F)(F)F)cc2)C(=O)c2c(C#Cc3cnc(N)cc3CBr)cnn21.